The second kappa shape index (κ2) is 4.47. The Labute approximate surface area is 80.5 Å². The van der Waals surface area contributed by atoms with Crippen molar-refractivity contribution in [3.05, 3.63) is 11.8 Å². The highest BCUT2D eigenvalue weighted by Gasteiger charge is 2.12. The van der Waals surface area contributed by atoms with Crippen LogP contribution in [0.4, 0.5) is 0 Å². The maximum atomic E-state index is 10.9. The van der Waals surface area contributed by atoms with E-state index in [2.05, 4.69) is 5.32 Å². The summed E-state index contributed by atoms with van der Waals surface area (Å²) in [6.45, 7) is 2.18. The Bertz CT molecular complexity index is 238. The third-order valence-electron chi connectivity index (χ3n) is 1.20. The molecule has 5 heteroatoms. The number of nitrogens with one attached hydrogen (secondary N) is 1. The van der Waals surface area contributed by atoms with Crippen molar-refractivity contribution in [1.29, 1.82) is 0 Å². The van der Waals surface area contributed by atoms with Gasteiger partial charge in [-0.1, -0.05) is 24.0 Å². The molecule has 0 bridgehead atoms. The van der Waals surface area contributed by atoms with E-state index in [1.54, 1.807) is 6.92 Å². The lowest BCUT2D eigenvalue weighted by atomic mass is 10.4. The largest absolute Gasteiger partial charge is 0.463 e. The van der Waals surface area contributed by atoms with Crippen LogP contribution in [0, 0.1) is 0 Å². The smallest absolute Gasteiger partial charge is 0.332 e. The lowest BCUT2D eigenvalue weighted by molar-refractivity contribution is -0.137. The molecule has 1 saturated heterocycles. The third-order valence-corrected chi connectivity index (χ3v) is 2.48. The van der Waals surface area contributed by atoms with Gasteiger partial charge in [0, 0.05) is 17.5 Å². The van der Waals surface area contributed by atoms with Gasteiger partial charge in [0.2, 0.25) is 0 Å². The Morgan fingerprint density at radius 3 is 3.17 bits per heavy atom. The molecule has 12 heavy (non-hydrogen) atoms. The summed E-state index contributed by atoms with van der Waals surface area (Å²) in [4.78, 5) is 10.9. The molecule has 0 aromatic carbocycles. The molecular weight excluding hydrogens is 194 g/mol. The molecule has 0 aliphatic carbocycles. The Kier molecular flexibility index (Phi) is 3.55. The van der Waals surface area contributed by atoms with Crippen LogP contribution in [0.2, 0.25) is 0 Å². The van der Waals surface area contributed by atoms with E-state index in [9.17, 15) is 4.79 Å². The molecule has 1 aliphatic rings. The van der Waals surface area contributed by atoms with Gasteiger partial charge in [-0.25, -0.2) is 4.79 Å². The van der Waals surface area contributed by atoms with E-state index in [0.717, 1.165) is 11.4 Å². The molecule has 1 fully saturated rings. The zero-order chi connectivity index (χ0) is 8.97. The summed E-state index contributed by atoms with van der Waals surface area (Å²) >= 11 is 6.38. The second-order valence-corrected chi connectivity index (χ2v) is 3.78. The fourth-order valence-corrected chi connectivity index (χ4v) is 1.70. The maximum absolute atomic E-state index is 10.9. The average Bonchev–Trinajstić information content (AvgIpc) is 2.36. The summed E-state index contributed by atoms with van der Waals surface area (Å²) in [5, 5.41) is 2.90. The molecule has 1 aliphatic heterocycles. The van der Waals surface area contributed by atoms with Crippen molar-refractivity contribution in [1.82, 2.24) is 5.32 Å². The minimum atomic E-state index is -0.315. The van der Waals surface area contributed by atoms with Gasteiger partial charge >= 0.3 is 5.97 Å². The molecule has 0 aromatic heterocycles. The van der Waals surface area contributed by atoms with Crippen LogP contribution in [0.3, 0.4) is 0 Å². The molecule has 0 aromatic rings. The number of carbonyl (C=O) groups is 1. The molecular formula is C7H9NO2S2. The number of hydrogen-bond donors (Lipinski definition) is 1. The molecule has 0 saturated carbocycles. The van der Waals surface area contributed by atoms with E-state index in [1.165, 1.54) is 17.8 Å². The van der Waals surface area contributed by atoms with Gasteiger partial charge in [-0.15, -0.1) is 0 Å². The average molecular weight is 203 g/mol. The zero-order valence-electron chi connectivity index (χ0n) is 6.62. The number of carbonyl (C=O) groups excluding carboxylic acids is 1. The molecule has 0 atom stereocenters. The molecule has 66 valence electrons. The van der Waals surface area contributed by atoms with E-state index < -0.39 is 0 Å². The van der Waals surface area contributed by atoms with Crippen LogP contribution in [0.15, 0.2) is 11.8 Å². The first kappa shape index (κ1) is 9.54. The Morgan fingerprint density at radius 1 is 1.92 bits per heavy atom. The van der Waals surface area contributed by atoms with Crippen molar-refractivity contribution in [2.45, 2.75) is 6.92 Å². The van der Waals surface area contributed by atoms with E-state index in [0.29, 0.717) is 10.9 Å². The molecule has 1 rings (SSSR count). The summed E-state index contributed by atoms with van der Waals surface area (Å²) in [6.07, 6.45) is 1.44. The van der Waals surface area contributed by atoms with Crippen LogP contribution in [0.25, 0.3) is 0 Å². The SMILES string of the molecule is CCOC(=O)C=C1CSC(=S)N1. The molecule has 0 unspecified atom stereocenters. The van der Waals surface area contributed by atoms with Gasteiger partial charge in [-0.2, -0.15) is 0 Å². The maximum Gasteiger partial charge on any atom is 0.332 e. The number of ether oxygens (including phenoxy) is 1. The van der Waals surface area contributed by atoms with Gasteiger partial charge in [0.15, 0.2) is 0 Å². The highest BCUT2D eigenvalue weighted by Crippen LogP contribution is 2.15. The van der Waals surface area contributed by atoms with Gasteiger partial charge in [0.25, 0.3) is 0 Å². The Hall–Kier alpha value is -0.550. The third kappa shape index (κ3) is 2.83. The normalized spacial score (nSPS) is 19.4. The van der Waals surface area contributed by atoms with Crippen molar-refractivity contribution in [3.63, 3.8) is 0 Å². The minimum absolute atomic E-state index is 0.315. The Balaban J connectivity index is 2.46. The summed E-state index contributed by atoms with van der Waals surface area (Å²) in [5.74, 6) is 0.419. The molecule has 1 N–H and O–H groups in total. The van der Waals surface area contributed by atoms with Crippen LogP contribution in [0.1, 0.15) is 6.92 Å². The quantitative estimate of drug-likeness (QED) is 0.412. The summed E-state index contributed by atoms with van der Waals surface area (Å²) in [6, 6.07) is 0. The van der Waals surface area contributed by atoms with Crippen LogP contribution < -0.4 is 5.32 Å². The lowest BCUT2D eigenvalue weighted by Crippen LogP contribution is -2.11. The summed E-state index contributed by atoms with van der Waals surface area (Å²) < 4.78 is 5.44. The van der Waals surface area contributed by atoms with Gasteiger partial charge in [-0.3, -0.25) is 0 Å². The van der Waals surface area contributed by atoms with Crippen molar-refractivity contribution < 1.29 is 9.53 Å². The van der Waals surface area contributed by atoms with E-state index >= 15 is 0 Å². The second-order valence-electron chi connectivity index (χ2n) is 2.12. The van der Waals surface area contributed by atoms with Gasteiger partial charge in [0.1, 0.15) is 4.32 Å². The first-order chi connectivity index (χ1) is 5.72. The van der Waals surface area contributed by atoms with Gasteiger partial charge < -0.3 is 10.1 Å². The predicted molar refractivity (Wildman–Crippen MR) is 52.9 cm³/mol. The van der Waals surface area contributed by atoms with Crippen LogP contribution in [0.5, 0.6) is 0 Å². The van der Waals surface area contributed by atoms with Crippen molar-refractivity contribution >= 4 is 34.3 Å². The van der Waals surface area contributed by atoms with Crippen LogP contribution in [-0.4, -0.2) is 22.6 Å². The van der Waals surface area contributed by atoms with Crippen LogP contribution in [-0.2, 0) is 9.53 Å². The monoisotopic (exact) mass is 203 g/mol. The standard InChI is InChI=1S/C7H9NO2S2/c1-2-10-6(9)3-5-4-12-7(11)8-5/h3H,2,4H2,1H3,(H,8,11). The molecule has 3 nitrogen and oxygen atoms in total. The highest BCUT2D eigenvalue weighted by atomic mass is 32.2. The predicted octanol–water partition coefficient (Wildman–Crippen LogP) is 1.05. The van der Waals surface area contributed by atoms with Crippen molar-refractivity contribution in [2.75, 3.05) is 12.4 Å². The van der Waals surface area contributed by atoms with Crippen LogP contribution >= 0.6 is 24.0 Å². The first-order valence-corrected chi connectivity index (χ1v) is 4.93. The molecule has 0 spiro atoms. The minimum Gasteiger partial charge on any atom is -0.463 e. The molecule has 1 heterocycles. The summed E-state index contributed by atoms with van der Waals surface area (Å²) in [7, 11) is 0. The number of hydrogen-bond acceptors (Lipinski definition) is 4. The first-order valence-electron chi connectivity index (χ1n) is 3.53. The number of thioether (sulfide) groups is 1. The molecule has 0 amide bonds. The van der Waals surface area contributed by atoms with Gasteiger partial charge in [0.05, 0.1) is 6.61 Å². The Morgan fingerprint density at radius 2 is 2.67 bits per heavy atom. The van der Waals surface area contributed by atoms with E-state index in [-0.39, 0.29) is 5.97 Å². The lowest BCUT2D eigenvalue weighted by Gasteiger charge is -1.97. The van der Waals surface area contributed by atoms with Crippen molar-refractivity contribution in [2.24, 2.45) is 0 Å². The number of thiocarbonyl (C=S) groups is 1. The van der Waals surface area contributed by atoms with E-state index in [1.807, 2.05) is 0 Å². The zero-order valence-corrected chi connectivity index (χ0v) is 8.26. The van der Waals surface area contributed by atoms with Gasteiger partial charge in [-0.05, 0) is 6.92 Å². The van der Waals surface area contributed by atoms with Crippen molar-refractivity contribution in [3.8, 4) is 0 Å². The molecule has 0 radical (unpaired) electrons. The fourth-order valence-electron chi connectivity index (χ4n) is 0.750. The summed E-state index contributed by atoms with van der Waals surface area (Å²) in [5.41, 5.74) is 0.823. The number of rotatable bonds is 2. The fraction of sp³-hybridized carbons (Fsp3) is 0.429. The number of esters is 1. The topological polar surface area (TPSA) is 38.3 Å². The highest BCUT2D eigenvalue weighted by molar-refractivity contribution is 8.23. The van der Waals surface area contributed by atoms with E-state index in [4.69, 9.17) is 17.0 Å².